The number of nitrogens with zero attached hydrogens (tertiary/aromatic N) is 2. The summed E-state index contributed by atoms with van der Waals surface area (Å²) in [4.78, 5) is 48.6. The van der Waals surface area contributed by atoms with Crippen molar-refractivity contribution < 1.29 is 37.5 Å². The van der Waals surface area contributed by atoms with Crippen molar-refractivity contribution in [1.82, 2.24) is 10.9 Å². The molecule has 2 N–H and O–H groups in total. The van der Waals surface area contributed by atoms with Gasteiger partial charge in [-0.3, -0.25) is 9.59 Å². The number of carbonyl (C=O) groups is 4. The molecule has 2 aromatic heterocycles. The Morgan fingerprint density at radius 1 is 0.674 bits per heavy atom. The number of nitrogens with one attached hydrogen (secondary N) is 2. The quantitative estimate of drug-likeness (QED) is 0.0632. The van der Waals surface area contributed by atoms with E-state index in [1.165, 1.54) is 48.8 Å². The zero-order valence-electron chi connectivity index (χ0n) is 23.8. The van der Waals surface area contributed by atoms with Crippen LogP contribution in [-0.2, 0) is 19.1 Å². The fourth-order valence-corrected chi connectivity index (χ4v) is 4.05. The summed E-state index contributed by atoms with van der Waals surface area (Å²) >= 11 is 12.2. The second-order valence-corrected chi connectivity index (χ2v) is 9.78. The van der Waals surface area contributed by atoms with E-state index in [9.17, 15) is 19.2 Å². The Balaban J connectivity index is 1.30. The summed E-state index contributed by atoms with van der Waals surface area (Å²) in [7, 11) is 0. The van der Waals surface area contributed by atoms with Crippen LogP contribution in [0.25, 0.3) is 22.6 Å². The molecule has 2 aromatic carbocycles. The molecule has 0 bridgehead atoms. The first-order valence-corrected chi connectivity index (χ1v) is 14.0. The Labute approximate surface area is 272 Å². The van der Waals surface area contributed by atoms with Gasteiger partial charge in [0.1, 0.15) is 36.3 Å². The maximum absolute atomic E-state index is 12.2. The summed E-state index contributed by atoms with van der Waals surface area (Å²) in [6, 6.07) is 15.8. The maximum atomic E-state index is 12.2. The monoisotopic (exact) mass is 662 g/mol. The molecule has 2 amide bonds. The number of amides is 2. The van der Waals surface area contributed by atoms with Gasteiger partial charge in [-0.15, -0.1) is 0 Å². The van der Waals surface area contributed by atoms with Crippen molar-refractivity contribution in [3.05, 3.63) is 119 Å². The molecule has 0 spiro atoms. The molecule has 0 aliphatic rings. The van der Waals surface area contributed by atoms with Gasteiger partial charge in [-0.1, -0.05) is 48.5 Å². The van der Waals surface area contributed by atoms with E-state index in [0.29, 0.717) is 22.6 Å². The van der Waals surface area contributed by atoms with Gasteiger partial charge in [0.25, 0.3) is 0 Å². The van der Waals surface area contributed by atoms with Crippen molar-refractivity contribution >= 4 is 59.4 Å². The predicted octanol–water partition coefficient (Wildman–Crippen LogP) is 5.80. The Morgan fingerprint density at radius 2 is 1.09 bits per heavy atom. The largest absolute Gasteiger partial charge is 0.458 e. The van der Waals surface area contributed by atoms with E-state index in [0.717, 1.165) is 0 Å². The van der Waals surface area contributed by atoms with Crippen LogP contribution in [0.2, 0.25) is 10.0 Å². The highest BCUT2D eigenvalue weighted by molar-refractivity contribution is 6.35. The summed E-state index contributed by atoms with van der Waals surface area (Å²) < 4.78 is 21.4. The van der Waals surface area contributed by atoms with Gasteiger partial charge in [0.2, 0.25) is 0 Å². The van der Waals surface area contributed by atoms with Crippen LogP contribution in [0.3, 0.4) is 0 Å². The molecular formula is C32H24Cl2N4O8. The highest BCUT2D eigenvalue weighted by Crippen LogP contribution is 2.28. The topological polar surface area (TPSA) is 162 Å². The van der Waals surface area contributed by atoms with E-state index < -0.39 is 23.8 Å². The lowest BCUT2D eigenvalue weighted by atomic mass is 10.1. The van der Waals surface area contributed by atoms with Crippen molar-refractivity contribution in [3.63, 3.8) is 0 Å². The Hall–Kier alpha value is -5.72. The zero-order chi connectivity index (χ0) is 33.1. The summed E-state index contributed by atoms with van der Waals surface area (Å²) in [6.45, 7) is 7.07. The van der Waals surface area contributed by atoms with Crippen LogP contribution in [0.4, 0.5) is 0 Å². The number of hydrogen-bond donors (Lipinski definition) is 2. The fourth-order valence-electron chi connectivity index (χ4n) is 3.66. The third kappa shape index (κ3) is 8.68. The number of benzene rings is 2. The second kappa shape index (κ2) is 15.8. The molecule has 234 valence electrons. The average molecular weight is 663 g/mol. The number of esters is 2. The van der Waals surface area contributed by atoms with Gasteiger partial charge < -0.3 is 18.3 Å². The van der Waals surface area contributed by atoms with E-state index in [4.69, 9.17) is 41.5 Å². The minimum Gasteiger partial charge on any atom is -0.458 e. The number of rotatable bonds is 12. The first-order valence-electron chi connectivity index (χ1n) is 13.2. The van der Waals surface area contributed by atoms with Crippen LogP contribution >= 0.6 is 23.2 Å². The molecule has 12 nitrogen and oxygen atoms in total. The molecule has 0 aliphatic carbocycles. The van der Waals surface area contributed by atoms with Crippen LogP contribution in [-0.4, -0.2) is 49.4 Å². The van der Waals surface area contributed by atoms with Crippen LogP contribution in [0.5, 0.6) is 0 Å². The molecule has 0 atom stereocenters. The SMILES string of the molecule is C=CCOC(=O)c1cc(-c2ccc(/C=N\NC(=O)C(=O)N/N=C\c3ccc(-c4ccc(Cl)c(C(=O)OCC=C)c4)o3)o2)ccc1Cl. The van der Waals surface area contributed by atoms with E-state index in [-0.39, 0.29) is 45.9 Å². The molecule has 0 fully saturated rings. The normalized spacial score (nSPS) is 10.9. The fraction of sp³-hybridized carbons (Fsp3) is 0.0625. The molecule has 0 aliphatic heterocycles. The molecule has 0 unspecified atom stereocenters. The number of ether oxygens (including phenoxy) is 2. The van der Waals surface area contributed by atoms with Crippen molar-refractivity contribution in [2.45, 2.75) is 0 Å². The molecule has 0 saturated heterocycles. The van der Waals surface area contributed by atoms with Crippen LogP contribution in [0.1, 0.15) is 32.2 Å². The average Bonchev–Trinajstić information content (AvgIpc) is 3.73. The second-order valence-electron chi connectivity index (χ2n) is 8.97. The smallest absolute Gasteiger partial charge is 0.339 e. The predicted molar refractivity (Wildman–Crippen MR) is 171 cm³/mol. The molecule has 14 heteroatoms. The van der Waals surface area contributed by atoms with E-state index >= 15 is 0 Å². The van der Waals surface area contributed by atoms with Crippen molar-refractivity contribution in [2.24, 2.45) is 10.2 Å². The Kier molecular flexibility index (Phi) is 11.4. The van der Waals surface area contributed by atoms with E-state index in [1.54, 1.807) is 36.4 Å². The highest BCUT2D eigenvalue weighted by atomic mass is 35.5. The molecular weight excluding hydrogens is 639 g/mol. The van der Waals surface area contributed by atoms with Crippen LogP contribution < -0.4 is 10.9 Å². The number of hydrogen-bond acceptors (Lipinski definition) is 10. The lowest BCUT2D eigenvalue weighted by molar-refractivity contribution is -0.139. The van der Waals surface area contributed by atoms with Gasteiger partial charge in [-0.05, 0) is 60.7 Å². The number of hydrazone groups is 2. The molecule has 0 saturated carbocycles. The standard InChI is InChI=1S/C32H24Cl2N4O8/c1-3-13-43-31(41)23-15-19(5-9-25(23)33)27-11-7-21(45-27)17-35-37-29(39)30(40)38-36-18-22-8-12-28(46-22)20-6-10-26(34)24(16-20)32(42)44-14-4-2/h3-12,15-18H,1-2,13-14H2,(H,37,39)(H,38,40)/b35-17-,36-18-. The maximum Gasteiger partial charge on any atom is 0.339 e. The highest BCUT2D eigenvalue weighted by Gasteiger charge is 2.16. The molecule has 0 radical (unpaired) electrons. The van der Waals surface area contributed by atoms with Crippen molar-refractivity contribution in [1.29, 1.82) is 0 Å². The molecule has 4 aromatic rings. The minimum atomic E-state index is -1.10. The third-order valence-electron chi connectivity index (χ3n) is 5.78. The van der Waals surface area contributed by atoms with Crippen LogP contribution in [0, 0.1) is 0 Å². The van der Waals surface area contributed by atoms with E-state index in [1.807, 2.05) is 0 Å². The number of furan rings is 2. The van der Waals surface area contributed by atoms with Gasteiger partial charge in [-0.2, -0.15) is 10.2 Å². The van der Waals surface area contributed by atoms with Gasteiger partial charge in [0, 0.05) is 11.1 Å². The number of halogens is 2. The third-order valence-corrected chi connectivity index (χ3v) is 6.44. The zero-order valence-corrected chi connectivity index (χ0v) is 25.3. The van der Waals surface area contributed by atoms with Crippen molar-refractivity contribution in [3.8, 4) is 22.6 Å². The van der Waals surface area contributed by atoms with Gasteiger partial charge >= 0.3 is 23.8 Å². The Bertz CT molecular complexity index is 1720. The Morgan fingerprint density at radius 3 is 1.48 bits per heavy atom. The lowest BCUT2D eigenvalue weighted by Gasteiger charge is -2.06. The van der Waals surface area contributed by atoms with Gasteiger partial charge in [0.15, 0.2) is 0 Å². The summed E-state index contributed by atoms with van der Waals surface area (Å²) in [5.74, 6) is -2.16. The van der Waals surface area contributed by atoms with Crippen LogP contribution in [0.15, 0.2) is 105 Å². The van der Waals surface area contributed by atoms with Gasteiger partial charge in [-0.25, -0.2) is 20.4 Å². The summed E-state index contributed by atoms with van der Waals surface area (Å²) in [5.41, 5.74) is 5.51. The molecule has 2 heterocycles. The molecule has 4 rings (SSSR count). The summed E-state index contributed by atoms with van der Waals surface area (Å²) in [5, 5.41) is 7.83. The number of carbonyl (C=O) groups excluding carboxylic acids is 4. The van der Waals surface area contributed by atoms with Gasteiger partial charge in [0.05, 0.1) is 33.6 Å². The van der Waals surface area contributed by atoms with Crippen molar-refractivity contribution in [2.75, 3.05) is 13.2 Å². The summed E-state index contributed by atoms with van der Waals surface area (Å²) in [6.07, 6.45) is 5.24. The minimum absolute atomic E-state index is 0.0342. The van der Waals surface area contributed by atoms with E-state index in [2.05, 4.69) is 34.2 Å². The molecule has 46 heavy (non-hydrogen) atoms. The first kappa shape index (κ1) is 33.2. The first-order chi connectivity index (χ1) is 22.2. The lowest BCUT2D eigenvalue weighted by Crippen LogP contribution is -2.35.